The van der Waals surface area contributed by atoms with Crippen molar-refractivity contribution in [3.63, 3.8) is 0 Å². The minimum Gasteiger partial charge on any atom is -0.473 e. The highest BCUT2D eigenvalue weighted by atomic mass is 16.5. The molecule has 6 rings (SSSR count). The number of anilines is 2. The van der Waals surface area contributed by atoms with Crippen molar-refractivity contribution in [2.75, 3.05) is 18.4 Å². The molecule has 0 aliphatic carbocycles. The van der Waals surface area contributed by atoms with Gasteiger partial charge >= 0.3 is 0 Å². The number of hydrogen-bond donors (Lipinski definition) is 2. The number of fused-ring (bicyclic) bond motifs is 2. The molecule has 1 fully saturated rings. The first kappa shape index (κ1) is 21.3. The highest BCUT2D eigenvalue weighted by Crippen LogP contribution is 2.31. The Hall–Kier alpha value is -4.24. The minimum atomic E-state index is 0.134. The summed E-state index contributed by atoms with van der Waals surface area (Å²) in [4.78, 5) is 17.9. The van der Waals surface area contributed by atoms with Crippen LogP contribution in [0.3, 0.4) is 0 Å². The quantitative estimate of drug-likeness (QED) is 0.377. The van der Waals surface area contributed by atoms with Crippen LogP contribution in [0.1, 0.15) is 12.0 Å². The number of imidazole rings is 1. The van der Waals surface area contributed by atoms with Crippen LogP contribution in [0.5, 0.6) is 17.4 Å². The van der Waals surface area contributed by atoms with E-state index in [1.807, 2.05) is 67.1 Å². The third-order valence-corrected chi connectivity index (χ3v) is 6.12. The number of nitrogens with one attached hydrogen (secondary N) is 2. The summed E-state index contributed by atoms with van der Waals surface area (Å²) in [5, 5.41) is 6.68. The smallest absolute Gasteiger partial charge is 0.214 e. The maximum Gasteiger partial charge on any atom is 0.214 e. The van der Waals surface area contributed by atoms with Gasteiger partial charge in [-0.15, -0.1) is 0 Å². The molecule has 1 atom stereocenters. The summed E-state index contributed by atoms with van der Waals surface area (Å²) in [5.41, 5.74) is 5.24. The second-order valence-corrected chi connectivity index (χ2v) is 8.69. The number of aryl methyl sites for hydroxylation is 2. The molecule has 1 aliphatic heterocycles. The number of nitrogens with zero attached hydrogens (tertiary/aromatic N) is 5. The lowest BCUT2D eigenvalue weighted by atomic mass is 10.2. The molecule has 35 heavy (non-hydrogen) atoms. The molecular weight excluding hydrogens is 442 g/mol. The number of benzene rings is 2. The molecule has 176 valence electrons. The summed E-state index contributed by atoms with van der Waals surface area (Å²) in [6.45, 7) is 3.81. The van der Waals surface area contributed by atoms with Gasteiger partial charge in [0.15, 0.2) is 5.82 Å². The molecule has 0 bridgehead atoms. The first-order valence-electron chi connectivity index (χ1n) is 11.6. The Labute approximate surface area is 202 Å². The van der Waals surface area contributed by atoms with E-state index in [1.165, 1.54) is 6.33 Å². The normalized spacial score (nSPS) is 15.5. The van der Waals surface area contributed by atoms with Gasteiger partial charge in [0.05, 0.1) is 22.9 Å². The Morgan fingerprint density at radius 3 is 2.83 bits per heavy atom. The molecule has 5 aromatic rings. The first-order chi connectivity index (χ1) is 17.1. The van der Waals surface area contributed by atoms with Gasteiger partial charge in [-0.25, -0.2) is 19.9 Å². The van der Waals surface area contributed by atoms with Crippen LogP contribution in [-0.4, -0.2) is 43.7 Å². The van der Waals surface area contributed by atoms with E-state index in [0.29, 0.717) is 17.2 Å². The SMILES string of the molecule is Cc1cc(Nc2ncnc3ccc(O[C@H]4CCNC4)nc23)ccc1Oc1ccc2c(c1)ncn2C. The molecular formula is C26H25N7O2. The lowest BCUT2D eigenvalue weighted by Crippen LogP contribution is -2.20. The third kappa shape index (κ3) is 4.33. The number of aromatic nitrogens is 5. The predicted octanol–water partition coefficient (Wildman–Crippen LogP) is 4.50. The van der Waals surface area contributed by atoms with Crippen LogP contribution in [0.15, 0.2) is 61.2 Å². The van der Waals surface area contributed by atoms with Crippen LogP contribution >= 0.6 is 0 Å². The largest absolute Gasteiger partial charge is 0.473 e. The van der Waals surface area contributed by atoms with E-state index in [9.17, 15) is 0 Å². The lowest BCUT2D eigenvalue weighted by Gasteiger charge is -2.14. The molecule has 4 heterocycles. The predicted molar refractivity (Wildman–Crippen MR) is 134 cm³/mol. The van der Waals surface area contributed by atoms with Crippen molar-refractivity contribution in [3.8, 4) is 17.4 Å². The Morgan fingerprint density at radius 1 is 1.03 bits per heavy atom. The number of pyridine rings is 1. The fraction of sp³-hybridized carbons (Fsp3) is 0.231. The van der Waals surface area contributed by atoms with Gasteiger partial charge in [-0.05, 0) is 61.9 Å². The summed E-state index contributed by atoms with van der Waals surface area (Å²) in [6, 6.07) is 15.6. The zero-order valence-corrected chi connectivity index (χ0v) is 19.5. The molecule has 1 aliphatic rings. The Balaban J connectivity index is 1.23. The van der Waals surface area contributed by atoms with Gasteiger partial charge in [-0.1, -0.05) is 0 Å². The van der Waals surface area contributed by atoms with E-state index in [1.54, 1.807) is 6.33 Å². The van der Waals surface area contributed by atoms with E-state index >= 15 is 0 Å². The van der Waals surface area contributed by atoms with Crippen LogP contribution in [-0.2, 0) is 7.05 Å². The molecule has 0 unspecified atom stereocenters. The van der Waals surface area contributed by atoms with Crippen molar-refractivity contribution < 1.29 is 9.47 Å². The van der Waals surface area contributed by atoms with Crippen molar-refractivity contribution in [2.24, 2.45) is 7.05 Å². The molecule has 2 N–H and O–H groups in total. The maximum absolute atomic E-state index is 6.14. The fourth-order valence-corrected chi connectivity index (χ4v) is 4.26. The summed E-state index contributed by atoms with van der Waals surface area (Å²) in [6.07, 6.45) is 4.44. The van der Waals surface area contributed by atoms with Gasteiger partial charge < -0.3 is 24.7 Å². The molecule has 0 spiro atoms. The van der Waals surface area contributed by atoms with E-state index in [4.69, 9.17) is 9.47 Å². The molecule has 2 aromatic carbocycles. The highest BCUT2D eigenvalue weighted by Gasteiger charge is 2.17. The van der Waals surface area contributed by atoms with Crippen molar-refractivity contribution in [1.29, 1.82) is 0 Å². The summed E-state index contributed by atoms with van der Waals surface area (Å²) >= 11 is 0. The zero-order chi connectivity index (χ0) is 23.8. The summed E-state index contributed by atoms with van der Waals surface area (Å²) in [5.74, 6) is 2.72. The second-order valence-electron chi connectivity index (χ2n) is 8.69. The van der Waals surface area contributed by atoms with Gasteiger partial charge in [0.2, 0.25) is 5.88 Å². The van der Waals surface area contributed by atoms with E-state index in [2.05, 4.69) is 30.6 Å². The van der Waals surface area contributed by atoms with E-state index in [-0.39, 0.29) is 6.10 Å². The molecule has 0 amide bonds. The van der Waals surface area contributed by atoms with Gasteiger partial charge in [-0.3, -0.25) is 0 Å². The number of rotatable bonds is 6. The molecule has 9 heteroatoms. The molecule has 0 saturated carbocycles. The average molecular weight is 468 g/mol. The summed E-state index contributed by atoms with van der Waals surface area (Å²) in [7, 11) is 1.98. The van der Waals surface area contributed by atoms with Crippen LogP contribution < -0.4 is 20.1 Å². The lowest BCUT2D eigenvalue weighted by molar-refractivity contribution is 0.215. The highest BCUT2D eigenvalue weighted by molar-refractivity contribution is 5.87. The Morgan fingerprint density at radius 2 is 1.97 bits per heavy atom. The van der Waals surface area contributed by atoms with Gasteiger partial charge in [0, 0.05) is 31.4 Å². The minimum absolute atomic E-state index is 0.134. The van der Waals surface area contributed by atoms with Crippen LogP contribution in [0, 0.1) is 6.92 Å². The van der Waals surface area contributed by atoms with Crippen molar-refractivity contribution >= 4 is 33.6 Å². The molecule has 0 radical (unpaired) electrons. The Kier molecular flexibility index (Phi) is 5.38. The van der Waals surface area contributed by atoms with Crippen molar-refractivity contribution in [2.45, 2.75) is 19.4 Å². The topological polar surface area (TPSA) is 99.0 Å². The average Bonchev–Trinajstić information content (AvgIpc) is 3.51. The molecule has 3 aromatic heterocycles. The second kappa shape index (κ2) is 8.84. The third-order valence-electron chi connectivity index (χ3n) is 6.12. The summed E-state index contributed by atoms with van der Waals surface area (Å²) < 4.78 is 14.2. The van der Waals surface area contributed by atoms with Crippen LogP contribution in [0.25, 0.3) is 22.1 Å². The maximum atomic E-state index is 6.14. The fourth-order valence-electron chi connectivity index (χ4n) is 4.26. The first-order valence-corrected chi connectivity index (χ1v) is 11.6. The van der Waals surface area contributed by atoms with Crippen molar-refractivity contribution in [3.05, 3.63) is 66.7 Å². The van der Waals surface area contributed by atoms with E-state index < -0.39 is 0 Å². The number of ether oxygens (including phenoxy) is 2. The van der Waals surface area contributed by atoms with E-state index in [0.717, 1.165) is 58.8 Å². The molecule has 9 nitrogen and oxygen atoms in total. The van der Waals surface area contributed by atoms with Gasteiger partial charge in [0.1, 0.15) is 29.4 Å². The monoisotopic (exact) mass is 467 g/mol. The van der Waals surface area contributed by atoms with Gasteiger partial charge in [0.25, 0.3) is 0 Å². The van der Waals surface area contributed by atoms with Crippen LogP contribution in [0.2, 0.25) is 0 Å². The molecule has 1 saturated heterocycles. The van der Waals surface area contributed by atoms with Gasteiger partial charge in [-0.2, -0.15) is 0 Å². The van der Waals surface area contributed by atoms with Crippen molar-refractivity contribution in [1.82, 2.24) is 29.8 Å². The van der Waals surface area contributed by atoms with Crippen LogP contribution in [0.4, 0.5) is 11.5 Å². The Bertz CT molecular complexity index is 1530. The number of hydrogen-bond acceptors (Lipinski definition) is 8. The standard InChI is InChI=1S/C26H25N7O2/c1-16-11-17(3-7-23(16)34-18-4-6-22-21(12-18)30-15-33(22)2)31-26-25-20(28-14-29-26)5-8-24(32-25)35-19-9-10-27-13-19/h3-8,11-12,14-15,19,27H,9-10,13H2,1-2H3,(H,28,29,31)/t19-/m0/s1. The zero-order valence-electron chi connectivity index (χ0n) is 19.5.